The number of rotatable bonds is 3. The van der Waals surface area contributed by atoms with E-state index in [1.54, 1.807) is 15.3 Å². The van der Waals surface area contributed by atoms with Crippen molar-refractivity contribution in [1.82, 2.24) is 24.0 Å². The molecule has 4 rings (SSSR count). The van der Waals surface area contributed by atoms with E-state index in [0.717, 1.165) is 12.8 Å². The standard InChI is InChI=1S/C17H22BrN5O3/c1-17(2,3)23(16(25)26)11-6-10(7-11)22-13-14(20-12(18)8-19-13)21(15(22)24)9-4-5-9/h8-11H,4-7H2,1-3H3,(H,25,26). The number of fused-ring (bicyclic) bond motifs is 1. The number of aromatic nitrogens is 4. The van der Waals surface area contributed by atoms with Gasteiger partial charge < -0.3 is 10.0 Å². The van der Waals surface area contributed by atoms with E-state index in [1.165, 1.54) is 4.90 Å². The Bertz CT molecular complexity index is 934. The van der Waals surface area contributed by atoms with Gasteiger partial charge >= 0.3 is 11.8 Å². The van der Waals surface area contributed by atoms with Crippen LogP contribution >= 0.6 is 15.9 Å². The molecule has 0 aliphatic heterocycles. The lowest BCUT2D eigenvalue weighted by atomic mass is 9.83. The van der Waals surface area contributed by atoms with Crippen LogP contribution in [0.5, 0.6) is 0 Å². The zero-order chi connectivity index (χ0) is 18.8. The molecule has 0 saturated heterocycles. The first-order valence-electron chi connectivity index (χ1n) is 8.85. The average Bonchev–Trinajstić information content (AvgIpc) is 3.25. The second kappa shape index (κ2) is 5.80. The van der Waals surface area contributed by atoms with Crippen LogP contribution in [0.4, 0.5) is 4.79 Å². The van der Waals surface area contributed by atoms with Crippen LogP contribution in [0.3, 0.4) is 0 Å². The van der Waals surface area contributed by atoms with Crippen LogP contribution in [0, 0.1) is 0 Å². The van der Waals surface area contributed by atoms with Gasteiger partial charge in [0.2, 0.25) is 0 Å². The van der Waals surface area contributed by atoms with Crippen LogP contribution < -0.4 is 5.69 Å². The van der Waals surface area contributed by atoms with Crippen molar-refractivity contribution < 1.29 is 9.90 Å². The predicted octanol–water partition coefficient (Wildman–Crippen LogP) is 3.17. The third-order valence-corrected chi connectivity index (χ3v) is 5.62. The molecule has 2 heterocycles. The fourth-order valence-corrected chi connectivity index (χ4v) is 4.21. The van der Waals surface area contributed by atoms with Crippen molar-refractivity contribution in [2.75, 3.05) is 0 Å². The highest BCUT2D eigenvalue weighted by molar-refractivity contribution is 9.10. The van der Waals surface area contributed by atoms with Crippen molar-refractivity contribution in [2.24, 2.45) is 0 Å². The summed E-state index contributed by atoms with van der Waals surface area (Å²) in [6.45, 7) is 5.67. The van der Waals surface area contributed by atoms with Gasteiger partial charge in [0, 0.05) is 23.7 Å². The monoisotopic (exact) mass is 423 g/mol. The minimum atomic E-state index is -0.919. The maximum Gasteiger partial charge on any atom is 0.407 e. The third kappa shape index (κ3) is 2.72. The summed E-state index contributed by atoms with van der Waals surface area (Å²) in [5.74, 6) is 0. The number of hydrogen-bond acceptors (Lipinski definition) is 4. The summed E-state index contributed by atoms with van der Waals surface area (Å²) in [6, 6.07) is 0.0672. The van der Waals surface area contributed by atoms with Gasteiger partial charge in [-0.3, -0.25) is 9.13 Å². The van der Waals surface area contributed by atoms with Crippen molar-refractivity contribution in [3.63, 3.8) is 0 Å². The maximum atomic E-state index is 13.0. The van der Waals surface area contributed by atoms with Gasteiger partial charge in [0.05, 0.1) is 6.20 Å². The Labute approximate surface area is 159 Å². The Kier molecular flexibility index (Phi) is 3.91. The van der Waals surface area contributed by atoms with Crippen LogP contribution in [0.1, 0.15) is 58.5 Å². The Hall–Kier alpha value is -1.90. The lowest BCUT2D eigenvalue weighted by molar-refractivity contribution is 0.0218. The smallest absolute Gasteiger partial charge is 0.407 e. The number of nitrogens with zero attached hydrogens (tertiary/aromatic N) is 5. The van der Waals surface area contributed by atoms with E-state index < -0.39 is 11.6 Å². The number of amides is 1. The molecule has 26 heavy (non-hydrogen) atoms. The van der Waals surface area contributed by atoms with Crippen molar-refractivity contribution in [3.05, 3.63) is 21.3 Å². The molecule has 0 atom stereocenters. The Balaban J connectivity index is 1.68. The van der Waals surface area contributed by atoms with Crippen LogP contribution in [-0.2, 0) is 0 Å². The first-order valence-corrected chi connectivity index (χ1v) is 9.65. The molecular weight excluding hydrogens is 402 g/mol. The van der Waals surface area contributed by atoms with Crippen LogP contribution in [-0.4, -0.2) is 46.8 Å². The molecule has 2 aliphatic rings. The molecule has 0 radical (unpaired) electrons. The summed E-state index contributed by atoms with van der Waals surface area (Å²) < 4.78 is 4.07. The van der Waals surface area contributed by atoms with E-state index in [2.05, 4.69) is 25.9 Å². The second-order valence-electron chi connectivity index (χ2n) is 8.20. The van der Waals surface area contributed by atoms with Crippen LogP contribution in [0.15, 0.2) is 15.6 Å². The van der Waals surface area contributed by atoms with Gasteiger partial charge in [0.1, 0.15) is 4.60 Å². The molecule has 1 amide bonds. The highest BCUT2D eigenvalue weighted by atomic mass is 79.9. The molecule has 2 aromatic rings. The van der Waals surface area contributed by atoms with Gasteiger partial charge in [0.15, 0.2) is 11.3 Å². The molecule has 0 unspecified atom stereocenters. The SMILES string of the molecule is CC(C)(C)N(C(=O)O)C1CC(n2c(=O)n(C3CC3)c3nc(Br)cnc32)C1. The van der Waals surface area contributed by atoms with Crippen molar-refractivity contribution in [3.8, 4) is 0 Å². The van der Waals surface area contributed by atoms with Gasteiger partial charge in [-0.25, -0.2) is 19.6 Å². The van der Waals surface area contributed by atoms with E-state index in [1.807, 2.05) is 20.8 Å². The van der Waals surface area contributed by atoms with Crippen LogP contribution in [0.2, 0.25) is 0 Å². The highest BCUT2D eigenvalue weighted by Crippen LogP contribution is 2.41. The van der Waals surface area contributed by atoms with Crippen molar-refractivity contribution in [2.45, 2.75) is 70.1 Å². The maximum absolute atomic E-state index is 13.0. The van der Waals surface area contributed by atoms with Gasteiger partial charge in [-0.2, -0.15) is 0 Å². The van der Waals surface area contributed by atoms with Crippen LogP contribution in [0.25, 0.3) is 11.3 Å². The topological polar surface area (TPSA) is 93.2 Å². The molecular formula is C17H22BrN5O3. The molecule has 0 aromatic carbocycles. The quantitative estimate of drug-likeness (QED) is 0.817. The number of imidazole rings is 1. The fraction of sp³-hybridized carbons (Fsp3) is 0.647. The summed E-state index contributed by atoms with van der Waals surface area (Å²) in [7, 11) is 0. The molecule has 140 valence electrons. The molecule has 9 heteroatoms. The normalized spacial score (nSPS) is 23.1. The lowest BCUT2D eigenvalue weighted by Crippen LogP contribution is -2.56. The molecule has 0 spiro atoms. The second-order valence-corrected chi connectivity index (χ2v) is 9.01. The van der Waals surface area contributed by atoms with E-state index >= 15 is 0 Å². The summed E-state index contributed by atoms with van der Waals surface area (Å²) in [5, 5.41) is 9.57. The number of carbonyl (C=O) groups is 1. The van der Waals surface area contributed by atoms with E-state index in [4.69, 9.17) is 0 Å². The Morgan fingerprint density at radius 3 is 2.38 bits per heavy atom. The largest absolute Gasteiger partial charge is 0.465 e. The number of hydrogen-bond donors (Lipinski definition) is 1. The lowest BCUT2D eigenvalue weighted by Gasteiger charge is -2.47. The zero-order valence-corrected chi connectivity index (χ0v) is 16.6. The van der Waals surface area contributed by atoms with Crippen molar-refractivity contribution >= 4 is 33.3 Å². The minimum absolute atomic E-state index is 0.0466. The molecule has 2 saturated carbocycles. The first kappa shape index (κ1) is 17.5. The average molecular weight is 424 g/mol. The zero-order valence-electron chi connectivity index (χ0n) is 15.0. The number of carboxylic acid groups (broad SMARTS) is 1. The van der Waals surface area contributed by atoms with E-state index in [9.17, 15) is 14.7 Å². The van der Waals surface area contributed by atoms with E-state index in [-0.39, 0.29) is 23.8 Å². The molecule has 2 aromatic heterocycles. The molecule has 2 aliphatic carbocycles. The molecule has 0 bridgehead atoms. The van der Waals surface area contributed by atoms with Gasteiger partial charge in [-0.15, -0.1) is 0 Å². The van der Waals surface area contributed by atoms with Crippen molar-refractivity contribution in [1.29, 1.82) is 0 Å². The van der Waals surface area contributed by atoms with E-state index in [0.29, 0.717) is 28.7 Å². The van der Waals surface area contributed by atoms with Gasteiger partial charge in [-0.05, 0) is 62.4 Å². The Morgan fingerprint density at radius 1 is 1.23 bits per heavy atom. The summed E-state index contributed by atoms with van der Waals surface area (Å²) >= 11 is 3.33. The summed E-state index contributed by atoms with van der Waals surface area (Å²) in [4.78, 5) is 35.1. The summed E-state index contributed by atoms with van der Waals surface area (Å²) in [6.07, 6.45) is 3.88. The predicted molar refractivity (Wildman–Crippen MR) is 99.4 cm³/mol. The summed E-state index contributed by atoms with van der Waals surface area (Å²) in [5.41, 5.74) is 0.646. The molecule has 1 N–H and O–H groups in total. The molecule has 2 fully saturated rings. The first-order chi connectivity index (χ1) is 12.2. The number of halogens is 1. The van der Waals surface area contributed by atoms with Gasteiger partial charge in [-0.1, -0.05) is 0 Å². The third-order valence-electron chi connectivity index (χ3n) is 5.23. The molecule has 8 nitrogen and oxygen atoms in total. The fourth-order valence-electron chi connectivity index (χ4n) is 3.94. The highest BCUT2D eigenvalue weighted by Gasteiger charge is 2.44. The Morgan fingerprint density at radius 2 is 1.85 bits per heavy atom. The minimum Gasteiger partial charge on any atom is -0.465 e. The van der Waals surface area contributed by atoms with Gasteiger partial charge in [0.25, 0.3) is 0 Å².